The first kappa shape index (κ1) is 19.4. The maximum Gasteiger partial charge on any atom is 0.272 e. The molecule has 1 aliphatic rings. The van der Waals surface area contributed by atoms with Gasteiger partial charge in [0.1, 0.15) is 16.3 Å². The number of morpholine rings is 1. The van der Waals surface area contributed by atoms with Gasteiger partial charge in [-0.2, -0.15) is 4.31 Å². The zero-order chi connectivity index (χ0) is 19.6. The molecule has 2 N–H and O–H groups in total. The lowest BCUT2D eigenvalue weighted by Crippen LogP contribution is -2.40. The van der Waals surface area contributed by atoms with Crippen molar-refractivity contribution in [2.45, 2.75) is 18.7 Å². The van der Waals surface area contributed by atoms with Crippen LogP contribution in [0, 0.1) is 13.8 Å². The van der Waals surface area contributed by atoms with E-state index in [1.165, 1.54) is 4.31 Å². The summed E-state index contributed by atoms with van der Waals surface area (Å²) in [5.74, 6) is 0.281. The molecule has 1 aromatic heterocycles. The first-order valence-corrected chi connectivity index (χ1v) is 10.0. The molecule has 1 saturated heterocycles. The molecule has 2 heterocycles. The first-order valence-electron chi connectivity index (χ1n) is 8.57. The Hall–Kier alpha value is -2.36. The van der Waals surface area contributed by atoms with Crippen LogP contribution in [-0.2, 0) is 14.8 Å². The molecule has 27 heavy (non-hydrogen) atoms. The Labute approximate surface area is 158 Å². The van der Waals surface area contributed by atoms with Gasteiger partial charge in [0.15, 0.2) is 0 Å². The highest BCUT2D eigenvalue weighted by molar-refractivity contribution is 7.89. The number of carbonyl (C=O) groups is 1. The largest absolute Gasteiger partial charge is 0.497 e. The molecule has 1 fully saturated rings. The topological polar surface area (TPSA) is 101 Å². The van der Waals surface area contributed by atoms with Crippen LogP contribution in [0.5, 0.6) is 5.75 Å². The van der Waals surface area contributed by atoms with Gasteiger partial charge in [-0.05, 0) is 43.7 Å². The lowest BCUT2D eigenvalue weighted by atomic mass is 10.2. The van der Waals surface area contributed by atoms with Crippen molar-refractivity contribution < 1.29 is 22.7 Å². The van der Waals surface area contributed by atoms with Crippen molar-refractivity contribution in [1.29, 1.82) is 0 Å². The first-order chi connectivity index (χ1) is 12.8. The summed E-state index contributed by atoms with van der Waals surface area (Å²) in [5.41, 5.74) is 1.67. The smallest absolute Gasteiger partial charge is 0.272 e. The van der Waals surface area contributed by atoms with E-state index in [9.17, 15) is 13.2 Å². The summed E-state index contributed by atoms with van der Waals surface area (Å²) in [6, 6.07) is 6.90. The third-order valence-corrected chi connectivity index (χ3v) is 6.68. The molecule has 3 rings (SSSR count). The average Bonchev–Trinajstić information content (AvgIpc) is 2.98. The van der Waals surface area contributed by atoms with Crippen LogP contribution in [0.4, 0.5) is 5.69 Å². The summed E-state index contributed by atoms with van der Waals surface area (Å²) in [4.78, 5) is 15.7. The summed E-state index contributed by atoms with van der Waals surface area (Å²) in [5, 5.41) is 2.77. The number of hydrogen-bond donors (Lipinski definition) is 2. The number of methoxy groups -OCH3 is 1. The Kier molecular flexibility index (Phi) is 5.54. The monoisotopic (exact) mass is 393 g/mol. The van der Waals surface area contributed by atoms with E-state index in [2.05, 4.69) is 10.3 Å². The van der Waals surface area contributed by atoms with E-state index in [0.29, 0.717) is 49.0 Å². The minimum Gasteiger partial charge on any atom is -0.497 e. The van der Waals surface area contributed by atoms with Crippen LogP contribution >= 0.6 is 0 Å². The standard InChI is InChI=1S/C18H23N3O5S/c1-12-16(18(22)20-14-4-6-15(25-3)7-5-14)19-13(2)17(12)27(23,24)21-8-10-26-11-9-21/h4-7,19H,8-11H2,1-3H3,(H,20,22). The van der Waals surface area contributed by atoms with E-state index < -0.39 is 15.9 Å². The molecule has 1 aliphatic heterocycles. The molecule has 9 heteroatoms. The molecule has 0 radical (unpaired) electrons. The van der Waals surface area contributed by atoms with Crippen LogP contribution in [0.3, 0.4) is 0 Å². The molecule has 0 unspecified atom stereocenters. The highest BCUT2D eigenvalue weighted by Crippen LogP contribution is 2.27. The lowest BCUT2D eigenvalue weighted by molar-refractivity contribution is 0.0730. The number of sulfonamides is 1. The van der Waals surface area contributed by atoms with Crippen molar-refractivity contribution in [3.8, 4) is 5.75 Å². The molecule has 0 atom stereocenters. The van der Waals surface area contributed by atoms with Gasteiger partial charge in [0.05, 0.1) is 20.3 Å². The number of anilines is 1. The van der Waals surface area contributed by atoms with Gasteiger partial charge in [0, 0.05) is 24.5 Å². The molecular formula is C18H23N3O5S. The maximum atomic E-state index is 13.0. The highest BCUT2D eigenvalue weighted by Gasteiger charge is 2.32. The zero-order valence-electron chi connectivity index (χ0n) is 15.5. The third kappa shape index (κ3) is 3.85. The molecule has 0 bridgehead atoms. The lowest BCUT2D eigenvalue weighted by Gasteiger charge is -2.26. The molecule has 2 aromatic rings. The number of aryl methyl sites for hydroxylation is 1. The fourth-order valence-corrected chi connectivity index (χ4v) is 4.95. The number of hydrogen-bond acceptors (Lipinski definition) is 5. The molecule has 0 spiro atoms. The Morgan fingerprint density at radius 3 is 2.41 bits per heavy atom. The fraction of sp³-hybridized carbons (Fsp3) is 0.389. The van der Waals surface area contributed by atoms with Crippen molar-refractivity contribution in [3.63, 3.8) is 0 Å². The van der Waals surface area contributed by atoms with Gasteiger partial charge in [-0.25, -0.2) is 8.42 Å². The number of nitrogens with zero attached hydrogens (tertiary/aromatic N) is 1. The van der Waals surface area contributed by atoms with Gasteiger partial charge >= 0.3 is 0 Å². The van der Waals surface area contributed by atoms with Crippen LogP contribution in [-0.4, -0.2) is 57.0 Å². The Morgan fingerprint density at radius 1 is 1.19 bits per heavy atom. The number of carbonyl (C=O) groups excluding carboxylic acids is 1. The molecule has 8 nitrogen and oxygen atoms in total. The number of nitrogens with one attached hydrogen (secondary N) is 2. The van der Waals surface area contributed by atoms with E-state index in [4.69, 9.17) is 9.47 Å². The number of aromatic amines is 1. The number of amides is 1. The number of rotatable bonds is 5. The minimum absolute atomic E-state index is 0.157. The number of ether oxygens (including phenoxy) is 2. The third-order valence-electron chi connectivity index (χ3n) is 4.51. The second-order valence-corrected chi connectivity index (χ2v) is 8.15. The van der Waals surface area contributed by atoms with E-state index in [1.807, 2.05) is 0 Å². The second-order valence-electron chi connectivity index (χ2n) is 6.28. The molecule has 0 aliphatic carbocycles. The van der Waals surface area contributed by atoms with Gasteiger partial charge in [0.2, 0.25) is 10.0 Å². The summed E-state index contributed by atoms with van der Waals surface area (Å²) in [6.45, 7) is 4.64. The zero-order valence-corrected chi connectivity index (χ0v) is 16.4. The van der Waals surface area contributed by atoms with Crippen molar-refractivity contribution in [2.24, 2.45) is 0 Å². The van der Waals surface area contributed by atoms with Crippen LogP contribution in [0.15, 0.2) is 29.2 Å². The van der Waals surface area contributed by atoms with Crippen LogP contribution in [0.2, 0.25) is 0 Å². The van der Waals surface area contributed by atoms with Crippen molar-refractivity contribution in [2.75, 3.05) is 38.7 Å². The van der Waals surface area contributed by atoms with Crippen molar-refractivity contribution in [3.05, 3.63) is 41.2 Å². The molecule has 1 amide bonds. The van der Waals surface area contributed by atoms with Crippen molar-refractivity contribution >= 4 is 21.6 Å². The minimum atomic E-state index is -3.69. The second kappa shape index (κ2) is 7.71. The summed E-state index contributed by atoms with van der Waals surface area (Å²) in [6.07, 6.45) is 0. The summed E-state index contributed by atoms with van der Waals surface area (Å²) >= 11 is 0. The van der Waals surface area contributed by atoms with E-state index in [0.717, 1.165) is 0 Å². The van der Waals surface area contributed by atoms with E-state index in [-0.39, 0.29) is 10.6 Å². The Balaban J connectivity index is 1.87. The summed E-state index contributed by atoms with van der Waals surface area (Å²) < 4.78 is 37.7. The van der Waals surface area contributed by atoms with Crippen LogP contribution < -0.4 is 10.1 Å². The number of aromatic nitrogens is 1. The fourth-order valence-electron chi connectivity index (χ4n) is 3.13. The van der Waals surface area contributed by atoms with E-state index in [1.54, 1.807) is 45.2 Å². The predicted octanol–water partition coefficient (Wildman–Crippen LogP) is 1.91. The van der Waals surface area contributed by atoms with Crippen LogP contribution in [0.1, 0.15) is 21.7 Å². The van der Waals surface area contributed by atoms with Gasteiger partial charge in [0.25, 0.3) is 5.91 Å². The molecule has 146 valence electrons. The number of benzene rings is 1. The molecule has 0 saturated carbocycles. The Bertz CT molecular complexity index is 929. The predicted molar refractivity (Wildman–Crippen MR) is 101 cm³/mol. The maximum absolute atomic E-state index is 13.0. The SMILES string of the molecule is COc1ccc(NC(=O)c2[nH]c(C)c(S(=O)(=O)N3CCOCC3)c2C)cc1. The Morgan fingerprint density at radius 2 is 1.81 bits per heavy atom. The van der Waals surface area contributed by atoms with Crippen LogP contribution in [0.25, 0.3) is 0 Å². The van der Waals surface area contributed by atoms with E-state index >= 15 is 0 Å². The van der Waals surface area contributed by atoms with Gasteiger partial charge in [-0.3, -0.25) is 4.79 Å². The molecule has 1 aromatic carbocycles. The van der Waals surface area contributed by atoms with Gasteiger partial charge in [-0.1, -0.05) is 0 Å². The average molecular weight is 393 g/mol. The van der Waals surface area contributed by atoms with Gasteiger partial charge in [-0.15, -0.1) is 0 Å². The van der Waals surface area contributed by atoms with Gasteiger partial charge < -0.3 is 19.8 Å². The normalized spacial score (nSPS) is 15.5. The number of H-pyrrole nitrogens is 1. The summed E-state index contributed by atoms with van der Waals surface area (Å²) in [7, 11) is -2.13. The molecular weight excluding hydrogens is 370 g/mol. The van der Waals surface area contributed by atoms with Crippen molar-refractivity contribution in [1.82, 2.24) is 9.29 Å². The highest BCUT2D eigenvalue weighted by atomic mass is 32.2. The quantitative estimate of drug-likeness (QED) is 0.808.